The molecular weight excluding hydrogens is 446 g/mol. The zero-order valence-corrected chi connectivity index (χ0v) is 19.8. The van der Waals surface area contributed by atoms with E-state index in [0.717, 1.165) is 77.5 Å². The number of hydrogen-bond donors (Lipinski definition) is 1. The van der Waals surface area contributed by atoms with Crippen molar-refractivity contribution in [3.8, 4) is 16.8 Å². The van der Waals surface area contributed by atoms with E-state index in [-0.39, 0.29) is 5.54 Å². The second-order valence-electron chi connectivity index (χ2n) is 9.12. The van der Waals surface area contributed by atoms with E-state index in [1.54, 1.807) is 0 Å². The summed E-state index contributed by atoms with van der Waals surface area (Å²) >= 11 is 6.20. The average Bonchev–Trinajstić information content (AvgIpc) is 3.32. The summed E-state index contributed by atoms with van der Waals surface area (Å²) in [5.74, 6) is 1.80. The molecule has 1 spiro atoms. The fourth-order valence-corrected chi connectivity index (χ4v) is 4.84. The van der Waals surface area contributed by atoms with E-state index in [2.05, 4.69) is 44.3 Å². The van der Waals surface area contributed by atoms with Gasteiger partial charge in [0.2, 0.25) is 0 Å². The Balaban J connectivity index is 1.50. The molecule has 0 radical (unpaired) electrons. The molecule has 34 heavy (non-hydrogen) atoms. The van der Waals surface area contributed by atoms with Crippen molar-refractivity contribution in [1.29, 1.82) is 0 Å². The number of hydrogen-bond acceptors (Lipinski definition) is 5. The third-order valence-electron chi connectivity index (χ3n) is 6.71. The quantitative estimate of drug-likeness (QED) is 0.414. The van der Waals surface area contributed by atoms with Gasteiger partial charge in [0.05, 0.1) is 17.6 Å². The highest BCUT2D eigenvalue weighted by Gasteiger charge is 2.51. The number of nitrogens with zero attached hydrogens (tertiary/aromatic N) is 6. The summed E-state index contributed by atoms with van der Waals surface area (Å²) in [7, 11) is 0. The van der Waals surface area contributed by atoms with Crippen LogP contribution in [0.1, 0.15) is 48.5 Å². The summed E-state index contributed by atoms with van der Waals surface area (Å²) in [6.07, 6.45) is 7.99. The number of fused-ring (bicyclic) bond motifs is 4. The summed E-state index contributed by atoms with van der Waals surface area (Å²) in [5, 5.41) is 14.2. The second-order valence-corrected chi connectivity index (χ2v) is 9.56. The van der Waals surface area contributed by atoms with Crippen LogP contribution in [0.3, 0.4) is 0 Å². The first-order valence-electron chi connectivity index (χ1n) is 11.7. The van der Waals surface area contributed by atoms with Crippen LogP contribution in [0.5, 0.6) is 0 Å². The lowest BCUT2D eigenvalue weighted by Gasteiger charge is -2.14. The maximum Gasteiger partial charge on any atom is 0.165 e. The van der Waals surface area contributed by atoms with Crippen LogP contribution < -0.4 is 5.73 Å². The van der Waals surface area contributed by atoms with Gasteiger partial charge < -0.3 is 5.73 Å². The summed E-state index contributed by atoms with van der Waals surface area (Å²) in [5.41, 5.74) is 11.6. The fraction of sp³-hybridized carbons (Fsp3) is 0.308. The van der Waals surface area contributed by atoms with Gasteiger partial charge in [0.15, 0.2) is 5.82 Å². The summed E-state index contributed by atoms with van der Waals surface area (Å²) in [6.45, 7) is 3.58. The molecule has 2 aromatic carbocycles. The predicted molar refractivity (Wildman–Crippen MR) is 134 cm³/mol. The highest BCUT2D eigenvalue weighted by atomic mass is 35.5. The Bertz CT molecular complexity index is 1390. The second kappa shape index (κ2) is 8.18. The van der Waals surface area contributed by atoms with Gasteiger partial charge in [-0.25, -0.2) is 0 Å². The molecule has 3 heterocycles. The van der Waals surface area contributed by atoms with Gasteiger partial charge in [0.1, 0.15) is 11.4 Å². The Kier molecular flexibility index (Phi) is 5.12. The van der Waals surface area contributed by atoms with Gasteiger partial charge in [0.25, 0.3) is 0 Å². The number of rotatable bonds is 6. The molecule has 2 aliphatic rings. The van der Waals surface area contributed by atoms with E-state index < -0.39 is 0 Å². The smallest absolute Gasteiger partial charge is 0.165 e. The lowest BCUT2D eigenvalue weighted by atomic mass is 9.96. The van der Waals surface area contributed by atoms with Gasteiger partial charge in [-0.05, 0) is 69.0 Å². The number of benzene rings is 2. The maximum absolute atomic E-state index is 6.20. The molecule has 2 aromatic heterocycles. The van der Waals surface area contributed by atoms with E-state index in [4.69, 9.17) is 22.3 Å². The lowest BCUT2D eigenvalue weighted by molar-refractivity contribution is 0.561. The molecule has 8 heteroatoms. The van der Waals surface area contributed by atoms with Crippen molar-refractivity contribution in [2.24, 2.45) is 10.7 Å². The average molecular weight is 472 g/mol. The maximum atomic E-state index is 6.20. The fourth-order valence-electron chi connectivity index (χ4n) is 4.71. The molecule has 7 nitrogen and oxygen atoms in total. The van der Waals surface area contributed by atoms with E-state index in [0.29, 0.717) is 11.6 Å². The van der Waals surface area contributed by atoms with Crippen molar-refractivity contribution < 1.29 is 0 Å². The first-order chi connectivity index (χ1) is 16.6. The third-order valence-corrected chi connectivity index (χ3v) is 6.96. The number of aryl methyl sites for hydroxylation is 2. The van der Waals surface area contributed by atoms with Gasteiger partial charge in [-0.15, -0.1) is 10.2 Å². The molecule has 0 saturated heterocycles. The molecule has 2 N–H and O–H groups in total. The number of aromatic nitrogens is 5. The molecule has 172 valence electrons. The Morgan fingerprint density at radius 1 is 1.00 bits per heavy atom. The van der Waals surface area contributed by atoms with Gasteiger partial charge in [-0.2, -0.15) is 5.10 Å². The van der Waals surface area contributed by atoms with E-state index in [9.17, 15) is 0 Å². The Morgan fingerprint density at radius 3 is 2.56 bits per heavy atom. The highest BCUT2D eigenvalue weighted by Crippen LogP contribution is 2.51. The van der Waals surface area contributed by atoms with Crippen LogP contribution >= 0.6 is 11.6 Å². The zero-order chi connectivity index (χ0) is 23.3. The molecule has 0 bridgehead atoms. The van der Waals surface area contributed by atoms with Crippen molar-refractivity contribution in [1.82, 2.24) is 24.5 Å². The molecule has 4 aromatic rings. The van der Waals surface area contributed by atoms with Crippen molar-refractivity contribution in [3.05, 3.63) is 82.7 Å². The van der Waals surface area contributed by atoms with Crippen LogP contribution in [0.4, 0.5) is 0 Å². The molecule has 1 aliphatic carbocycles. The van der Waals surface area contributed by atoms with Crippen LogP contribution in [-0.4, -0.2) is 36.8 Å². The van der Waals surface area contributed by atoms with E-state index in [1.807, 2.05) is 42.1 Å². The summed E-state index contributed by atoms with van der Waals surface area (Å²) < 4.78 is 4.17. The molecule has 0 amide bonds. The molecular formula is C26H26ClN7. The molecule has 1 saturated carbocycles. The van der Waals surface area contributed by atoms with Crippen molar-refractivity contribution in [3.63, 3.8) is 0 Å². The topological polar surface area (TPSA) is 86.9 Å². The highest BCUT2D eigenvalue weighted by molar-refractivity contribution is 6.30. The Morgan fingerprint density at radius 2 is 1.79 bits per heavy atom. The first kappa shape index (κ1) is 21.3. The van der Waals surface area contributed by atoms with E-state index in [1.165, 1.54) is 0 Å². The number of nitrogens with two attached hydrogens (primary N) is 1. The molecule has 1 aliphatic heterocycles. The molecule has 0 unspecified atom stereocenters. The number of aliphatic imine (C=N–C) groups is 1. The largest absolute Gasteiger partial charge is 0.330 e. The van der Waals surface area contributed by atoms with Gasteiger partial charge >= 0.3 is 0 Å². The van der Waals surface area contributed by atoms with Crippen molar-refractivity contribution in [2.75, 3.05) is 6.54 Å². The Hall–Kier alpha value is -3.29. The third kappa shape index (κ3) is 3.56. The minimum absolute atomic E-state index is 0.316. The van der Waals surface area contributed by atoms with E-state index >= 15 is 0 Å². The first-order valence-corrected chi connectivity index (χ1v) is 12.1. The molecule has 1 fully saturated rings. The minimum atomic E-state index is -0.316. The standard InChI is InChI=1S/C26H26ClN7/c1-17-31-32-25-26(10-11-26)30-24(18-4-7-21(27)8-5-18)22-14-19(6-9-23(22)34(17)25)20-15-29-33(16-20)13-3-2-12-28/h4-9,14-16H,2-3,10-13,28H2,1H3. The summed E-state index contributed by atoms with van der Waals surface area (Å²) in [4.78, 5) is 5.32. The van der Waals surface area contributed by atoms with Crippen molar-refractivity contribution in [2.45, 2.75) is 44.7 Å². The Labute approximate surface area is 203 Å². The lowest BCUT2D eigenvalue weighted by Crippen LogP contribution is -2.11. The number of halogens is 1. The SMILES string of the molecule is Cc1nnc2n1-c1ccc(-c3cnn(CCCCN)c3)cc1C(c1ccc(Cl)cc1)=NC21CC1. The minimum Gasteiger partial charge on any atom is -0.330 e. The summed E-state index contributed by atoms with van der Waals surface area (Å²) in [6, 6.07) is 14.4. The molecule has 0 atom stereocenters. The zero-order valence-electron chi connectivity index (χ0n) is 19.1. The predicted octanol–water partition coefficient (Wildman–Crippen LogP) is 4.67. The van der Waals surface area contributed by atoms with Crippen LogP contribution in [0.2, 0.25) is 5.02 Å². The van der Waals surface area contributed by atoms with Crippen LogP contribution in [0.25, 0.3) is 16.8 Å². The van der Waals surface area contributed by atoms with Gasteiger partial charge in [-0.3, -0.25) is 14.2 Å². The normalized spacial score (nSPS) is 15.6. The van der Waals surface area contributed by atoms with Crippen LogP contribution in [-0.2, 0) is 12.1 Å². The van der Waals surface area contributed by atoms with Crippen LogP contribution in [0, 0.1) is 6.92 Å². The van der Waals surface area contributed by atoms with Gasteiger partial charge in [0, 0.05) is 34.5 Å². The van der Waals surface area contributed by atoms with Crippen LogP contribution in [0.15, 0.2) is 59.9 Å². The van der Waals surface area contributed by atoms with Crippen molar-refractivity contribution >= 4 is 17.3 Å². The van der Waals surface area contributed by atoms with Gasteiger partial charge in [-0.1, -0.05) is 29.8 Å². The number of unbranched alkanes of at least 4 members (excludes halogenated alkanes) is 1. The molecule has 6 rings (SSSR count). The monoisotopic (exact) mass is 471 g/mol.